The van der Waals surface area contributed by atoms with Gasteiger partial charge in [0.1, 0.15) is 0 Å². The molecular formula is C6H6BClO. The van der Waals surface area contributed by atoms with Gasteiger partial charge in [-0.05, 0) is 11.5 Å². The van der Waals surface area contributed by atoms with Crippen LogP contribution in [0.25, 0.3) is 0 Å². The number of hydrogen-bond donors (Lipinski definition) is 1. The highest BCUT2D eigenvalue weighted by Crippen LogP contribution is 2.01. The van der Waals surface area contributed by atoms with Gasteiger partial charge in [0.2, 0.25) is 0 Å². The standard InChI is InChI=1S/C6H6BClO/c8-6-4-2-1-3-5(6)7-9/h1-4,7,9H. The van der Waals surface area contributed by atoms with E-state index in [-0.39, 0.29) is 7.48 Å². The number of halogens is 1. The van der Waals surface area contributed by atoms with Crippen molar-refractivity contribution < 1.29 is 5.02 Å². The molecule has 9 heavy (non-hydrogen) atoms. The quantitative estimate of drug-likeness (QED) is 0.557. The van der Waals surface area contributed by atoms with Crippen LogP contribution < -0.4 is 5.46 Å². The Morgan fingerprint density at radius 1 is 1.33 bits per heavy atom. The minimum absolute atomic E-state index is 0.0136. The van der Waals surface area contributed by atoms with Crippen LogP contribution in [-0.2, 0) is 0 Å². The zero-order valence-electron chi connectivity index (χ0n) is 4.84. The van der Waals surface area contributed by atoms with E-state index in [1.165, 1.54) is 0 Å². The Bertz CT molecular complexity index is 202. The summed E-state index contributed by atoms with van der Waals surface area (Å²) in [6, 6.07) is 7.23. The van der Waals surface area contributed by atoms with Crippen LogP contribution in [0.15, 0.2) is 24.3 Å². The van der Waals surface area contributed by atoms with Crippen molar-refractivity contribution in [3.63, 3.8) is 0 Å². The Balaban J connectivity index is 3.01. The van der Waals surface area contributed by atoms with E-state index in [4.69, 9.17) is 16.6 Å². The smallest absolute Gasteiger partial charge is 0.306 e. The average molecular weight is 140 g/mol. The summed E-state index contributed by atoms with van der Waals surface area (Å²) in [6.07, 6.45) is 0. The highest BCUT2D eigenvalue weighted by atomic mass is 35.5. The lowest BCUT2D eigenvalue weighted by Crippen LogP contribution is -2.13. The zero-order valence-corrected chi connectivity index (χ0v) is 5.60. The molecule has 0 aliphatic heterocycles. The van der Waals surface area contributed by atoms with Gasteiger partial charge in [-0.15, -0.1) is 0 Å². The Labute approximate surface area is 59.6 Å². The van der Waals surface area contributed by atoms with Gasteiger partial charge in [-0.3, -0.25) is 0 Å². The maximum absolute atomic E-state index is 8.63. The SMILES string of the molecule is OBc1ccccc1Cl. The molecule has 3 heteroatoms. The first-order valence-electron chi connectivity index (χ1n) is 2.69. The molecule has 1 N–H and O–H groups in total. The second-order valence-corrected chi connectivity index (χ2v) is 2.16. The summed E-state index contributed by atoms with van der Waals surface area (Å²) in [5, 5.41) is 9.26. The van der Waals surface area contributed by atoms with E-state index in [9.17, 15) is 0 Å². The number of hydrogen-bond acceptors (Lipinski definition) is 1. The molecule has 0 saturated carbocycles. The molecule has 0 radical (unpaired) electrons. The van der Waals surface area contributed by atoms with E-state index in [0.717, 1.165) is 5.46 Å². The van der Waals surface area contributed by atoms with E-state index in [1.54, 1.807) is 12.1 Å². The van der Waals surface area contributed by atoms with Crippen LogP contribution in [0.4, 0.5) is 0 Å². The van der Waals surface area contributed by atoms with Gasteiger partial charge in [0.15, 0.2) is 0 Å². The van der Waals surface area contributed by atoms with Gasteiger partial charge in [-0.1, -0.05) is 29.8 Å². The molecule has 1 aromatic rings. The van der Waals surface area contributed by atoms with Crippen molar-refractivity contribution in [3.05, 3.63) is 29.3 Å². The fourth-order valence-electron chi connectivity index (χ4n) is 0.627. The molecule has 1 nitrogen and oxygen atoms in total. The van der Waals surface area contributed by atoms with Crippen LogP contribution in [-0.4, -0.2) is 12.5 Å². The lowest BCUT2D eigenvalue weighted by molar-refractivity contribution is 0.615. The Hall–Kier alpha value is -0.465. The van der Waals surface area contributed by atoms with Gasteiger partial charge in [-0.2, -0.15) is 0 Å². The monoisotopic (exact) mass is 140 g/mol. The van der Waals surface area contributed by atoms with Crippen molar-refractivity contribution >= 4 is 24.5 Å². The first-order valence-corrected chi connectivity index (χ1v) is 3.06. The molecule has 0 saturated heterocycles. The Morgan fingerprint density at radius 3 is 2.44 bits per heavy atom. The fraction of sp³-hybridized carbons (Fsp3) is 0. The first-order chi connectivity index (χ1) is 4.34. The third kappa shape index (κ3) is 1.47. The molecular weight excluding hydrogens is 134 g/mol. The maximum Gasteiger partial charge on any atom is 0.306 e. The van der Waals surface area contributed by atoms with Gasteiger partial charge in [0.05, 0.1) is 0 Å². The third-order valence-corrected chi connectivity index (χ3v) is 1.50. The zero-order chi connectivity index (χ0) is 6.69. The molecule has 0 aliphatic carbocycles. The van der Waals surface area contributed by atoms with E-state index in [2.05, 4.69) is 0 Å². The van der Waals surface area contributed by atoms with Gasteiger partial charge in [0.25, 0.3) is 0 Å². The summed E-state index contributed by atoms with van der Waals surface area (Å²) in [5.41, 5.74) is 0.777. The van der Waals surface area contributed by atoms with E-state index >= 15 is 0 Å². The largest absolute Gasteiger partial charge is 0.449 e. The first kappa shape index (κ1) is 6.65. The van der Waals surface area contributed by atoms with Crippen LogP contribution in [0, 0.1) is 0 Å². The minimum Gasteiger partial charge on any atom is -0.449 e. The summed E-state index contributed by atoms with van der Waals surface area (Å²) in [6.45, 7) is 0. The van der Waals surface area contributed by atoms with Crippen molar-refractivity contribution in [2.75, 3.05) is 0 Å². The van der Waals surface area contributed by atoms with Crippen molar-refractivity contribution in [3.8, 4) is 0 Å². The molecule has 0 atom stereocenters. The lowest BCUT2D eigenvalue weighted by Gasteiger charge is -1.94. The van der Waals surface area contributed by atoms with E-state index < -0.39 is 0 Å². The summed E-state index contributed by atoms with van der Waals surface area (Å²) in [7, 11) is 0.0136. The molecule has 0 unspecified atom stereocenters. The van der Waals surface area contributed by atoms with Gasteiger partial charge in [-0.25, -0.2) is 0 Å². The van der Waals surface area contributed by atoms with E-state index in [1.807, 2.05) is 12.1 Å². The second-order valence-electron chi connectivity index (χ2n) is 1.75. The third-order valence-electron chi connectivity index (χ3n) is 1.13. The minimum atomic E-state index is 0.0136. The second kappa shape index (κ2) is 2.90. The summed E-state index contributed by atoms with van der Waals surface area (Å²) < 4.78 is 0. The Kier molecular flexibility index (Phi) is 2.14. The van der Waals surface area contributed by atoms with Crippen molar-refractivity contribution in [1.82, 2.24) is 0 Å². The molecule has 1 rings (SSSR count). The summed E-state index contributed by atoms with van der Waals surface area (Å²) in [5.74, 6) is 0. The predicted octanol–water partition coefficient (Wildman–Crippen LogP) is 0.309. The number of benzene rings is 1. The summed E-state index contributed by atoms with van der Waals surface area (Å²) >= 11 is 5.66. The van der Waals surface area contributed by atoms with Crippen LogP contribution in [0.3, 0.4) is 0 Å². The topological polar surface area (TPSA) is 20.2 Å². The van der Waals surface area contributed by atoms with Gasteiger partial charge >= 0.3 is 7.48 Å². The molecule has 0 aromatic heterocycles. The predicted molar refractivity (Wildman–Crippen MR) is 40.5 cm³/mol. The molecule has 0 amide bonds. The van der Waals surface area contributed by atoms with Crippen molar-refractivity contribution in [2.24, 2.45) is 0 Å². The van der Waals surface area contributed by atoms with Crippen LogP contribution >= 0.6 is 11.6 Å². The average Bonchev–Trinajstić information content (AvgIpc) is 1.89. The molecule has 0 aliphatic rings. The lowest BCUT2D eigenvalue weighted by atomic mass is 9.89. The number of rotatable bonds is 1. The van der Waals surface area contributed by atoms with Crippen molar-refractivity contribution in [1.29, 1.82) is 0 Å². The van der Waals surface area contributed by atoms with Gasteiger partial charge < -0.3 is 5.02 Å². The molecule has 46 valence electrons. The van der Waals surface area contributed by atoms with Crippen molar-refractivity contribution in [2.45, 2.75) is 0 Å². The fourth-order valence-corrected chi connectivity index (χ4v) is 0.822. The highest BCUT2D eigenvalue weighted by molar-refractivity contribution is 6.52. The van der Waals surface area contributed by atoms with Crippen LogP contribution in [0.5, 0.6) is 0 Å². The molecule has 0 fully saturated rings. The Morgan fingerprint density at radius 2 is 2.00 bits per heavy atom. The molecule has 0 spiro atoms. The van der Waals surface area contributed by atoms with Crippen LogP contribution in [0.2, 0.25) is 5.02 Å². The normalized spacial score (nSPS) is 9.11. The van der Waals surface area contributed by atoms with E-state index in [0.29, 0.717) is 5.02 Å². The maximum atomic E-state index is 8.63. The summed E-state index contributed by atoms with van der Waals surface area (Å²) in [4.78, 5) is 0. The molecule has 1 aromatic carbocycles. The molecule has 0 heterocycles. The highest BCUT2D eigenvalue weighted by Gasteiger charge is 1.95. The van der Waals surface area contributed by atoms with Gasteiger partial charge in [0, 0.05) is 5.02 Å². The van der Waals surface area contributed by atoms with Crippen LogP contribution in [0.1, 0.15) is 0 Å². The molecule has 0 bridgehead atoms.